The highest BCUT2D eigenvalue weighted by atomic mass is 16.5. The fraction of sp³-hybridized carbons (Fsp3) is 0.350. The molecular weight excluding hydrogens is 286 g/mol. The predicted octanol–water partition coefficient (Wildman–Crippen LogP) is 3.40. The first-order valence-electron chi connectivity index (χ1n) is 8.02. The molecule has 1 saturated heterocycles. The van der Waals surface area contributed by atoms with Crippen molar-refractivity contribution in [3.8, 4) is 0 Å². The molecule has 122 valence electrons. The Kier molecular flexibility index (Phi) is 5.94. The molecule has 3 nitrogen and oxygen atoms in total. The average molecular weight is 311 g/mol. The smallest absolute Gasteiger partial charge is 0.321 e. The Balaban J connectivity index is 2.73. The van der Waals surface area contributed by atoms with E-state index in [0.717, 1.165) is 30.6 Å². The number of benzene rings is 1. The fourth-order valence-corrected chi connectivity index (χ4v) is 3.49. The Morgan fingerprint density at radius 1 is 1.39 bits per heavy atom. The van der Waals surface area contributed by atoms with E-state index >= 15 is 0 Å². The first kappa shape index (κ1) is 17.2. The summed E-state index contributed by atoms with van der Waals surface area (Å²) in [6, 6.07) is 9.89. The van der Waals surface area contributed by atoms with Crippen molar-refractivity contribution in [2.45, 2.75) is 18.8 Å². The first-order valence-corrected chi connectivity index (χ1v) is 8.02. The highest BCUT2D eigenvalue weighted by molar-refractivity contribution is 5.89. The number of esters is 1. The van der Waals surface area contributed by atoms with Gasteiger partial charge in [-0.3, -0.25) is 4.79 Å². The van der Waals surface area contributed by atoms with Gasteiger partial charge in [0.05, 0.1) is 7.11 Å². The second kappa shape index (κ2) is 7.93. The molecule has 0 aliphatic carbocycles. The summed E-state index contributed by atoms with van der Waals surface area (Å²) in [5.74, 6) is -0.0973. The molecule has 0 amide bonds. The summed E-state index contributed by atoms with van der Waals surface area (Å²) in [7, 11) is 1.46. The van der Waals surface area contributed by atoms with Crippen LogP contribution in [0.5, 0.6) is 0 Å². The number of hydrogen-bond donors (Lipinski definition) is 1. The van der Waals surface area contributed by atoms with Crippen molar-refractivity contribution in [2.24, 2.45) is 5.92 Å². The summed E-state index contributed by atoms with van der Waals surface area (Å²) in [6.07, 6.45) is 8.56. The maximum absolute atomic E-state index is 13.0. The number of carbonyl (C=O) groups excluding carboxylic acids is 1. The molecule has 0 radical (unpaired) electrons. The van der Waals surface area contributed by atoms with E-state index in [-0.39, 0.29) is 11.9 Å². The molecule has 1 aliphatic rings. The molecule has 0 aromatic heterocycles. The number of hydrogen-bond acceptors (Lipinski definition) is 3. The van der Waals surface area contributed by atoms with Crippen LogP contribution in [-0.2, 0) is 14.9 Å². The molecule has 1 N–H and O–H groups in total. The molecular formula is C20H25NO2. The monoisotopic (exact) mass is 311 g/mol. The summed E-state index contributed by atoms with van der Waals surface area (Å²) >= 11 is 0. The largest absolute Gasteiger partial charge is 0.468 e. The van der Waals surface area contributed by atoms with Gasteiger partial charge >= 0.3 is 5.97 Å². The van der Waals surface area contributed by atoms with E-state index in [1.54, 1.807) is 6.08 Å². The second-order valence-electron chi connectivity index (χ2n) is 5.71. The standard InChI is InChI=1S/C20H25NO2/c1-4-6-10-16(5-2)20(19(22)23-3,18-13-14-21-15-18)17-11-8-7-9-12-17/h4-12,18,21H,2,13-15H2,1,3H3/b6-4-,16-10+/t18?,20-/m0/s1. The Bertz CT molecular complexity index is 597. The number of allylic oxidation sites excluding steroid dienone is 4. The van der Waals surface area contributed by atoms with Gasteiger partial charge in [-0.05, 0) is 43.5 Å². The quantitative estimate of drug-likeness (QED) is 0.646. The van der Waals surface area contributed by atoms with Gasteiger partial charge < -0.3 is 10.1 Å². The molecule has 1 fully saturated rings. The van der Waals surface area contributed by atoms with Gasteiger partial charge in [-0.2, -0.15) is 0 Å². The lowest BCUT2D eigenvalue weighted by molar-refractivity contribution is -0.147. The third-order valence-corrected chi connectivity index (χ3v) is 4.55. The van der Waals surface area contributed by atoms with Crippen molar-refractivity contribution >= 4 is 5.97 Å². The van der Waals surface area contributed by atoms with Gasteiger partial charge in [-0.15, -0.1) is 0 Å². The van der Waals surface area contributed by atoms with E-state index in [0.29, 0.717) is 0 Å². The highest BCUT2D eigenvalue weighted by Crippen LogP contribution is 2.44. The molecule has 0 spiro atoms. The predicted molar refractivity (Wildman–Crippen MR) is 94.2 cm³/mol. The van der Waals surface area contributed by atoms with Gasteiger partial charge in [-0.25, -0.2) is 0 Å². The number of ether oxygens (including phenoxy) is 1. The van der Waals surface area contributed by atoms with Crippen LogP contribution >= 0.6 is 0 Å². The molecule has 2 rings (SSSR count). The Morgan fingerprint density at radius 3 is 2.65 bits per heavy atom. The van der Waals surface area contributed by atoms with E-state index in [1.165, 1.54) is 7.11 Å². The van der Waals surface area contributed by atoms with E-state index in [4.69, 9.17) is 4.74 Å². The molecule has 23 heavy (non-hydrogen) atoms. The summed E-state index contributed by atoms with van der Waals surface area (Å²) in [5, 5.41) is 3.37. The summed E-state index contributed by atoms with van der Waals surface area (Å²) in [5.41, 5.74) is 0.999. The highest BCUT2D eigenvalue weighted by Gasteiger charge is 2.50. The number of carbonyl (C=O) groups is 1. The third kappa shape index (κ3) is 3.15. The van der Waals surface area contributed by atoms with Crippen LogP contribution in [0, 0.1) is 5.92 Å². The minimum Gasteiger partial charge on any atom is -0.468 e. The van der Waals surface area contributed by atoms with Crippen molar-refractivity contribution in [1.29, 1.82) is 0 Å². The van der Waals surface area contributed by atoms with Gasteiger partial charge in [0.25, 0.3) is 0 Å². The number of rotatable bonds is 6. The van der Waals surface area contributed by atoms with Crippen LogP contribution in [0.3, 0.4) is 0 Å². The molecule has 1 aromatic carbocycles. The Hall–Kier alpha value is -2.13. The molecule has 2 atom stereocenters. The zero-order valence-corrected chi connectivity index (χ0v) is 13.9. The first-order chi connectivity index (χ1) is 11.2. The van der Waals surface area contributed by atoms with E-state index in [1.807, 2.05) is 55.5 Å². The lowest BCUT2D eigenvalue weighted by Crippen LogP contribution is -2.46. The van der Waals surface area contributed by atoms with Crippen LogP contribution in [0.1, 0.15) is 18.9 Å². The van der Waals surface area contributed by atoms with Crippen molar-refractivity contribution < 1.29 is 9.53 Å². The lowest BCUT2D eigenvalue weighted by atomic mass is 9.64. The Labute approximate surface area is 138 Å². The van der Waals surface area contributed by atoms with Crippen LogP contribution in [0.15, 0.2) is 66.8 Å². The van der Waals surface area contributed by atoms with Crippen LogP contribution in [0.25, 0.3) is 0 Å². The molecule has 1 heterocycles. The lowest BCUT2D eigenvalue weighted by Gasteiger charge is -2.38. The normalized spacial score (nSPS) is 21.1. The molecule has 0 saturated carbocycles. The molecule has 1 unspecified atom stereocenters. The van der Waals surface area contributed by atoms with Crippen LogP contribution in [0.2, 0.25) is 0 Å². The fourth-order valence-electron chi connectivity index (χ4n) is 3.49. The van der Waals surface area contributed by atoms with Gasteiger partial charge in [0, 0.05) is 0 Å². The molecule has 3 heteroatoms. The SMILES string of the molecule is C=C/C(=C\C=C/C)[C@](C(=O)OC)(c1ccccc1)C1CCNC1. The molecule has 0 bridgehead atoms. The van der Waals surface area contributed by atoms with Crippen LogP contribution in [0.4, 0.5) is 0 Å². The second-order valence-corrected chi connectivity index (χ2v) is 5.71. The minimum atomic E-state index is -0.833. The summed E-state index contributed by atoms with van der Waals surface area (Å²) in [6.45, 7) is 7.61. The number of methoxy groups -OCH3 is 1. The van der Waals surface area contributed by atoms with Crippen molar-refractivity contribution in [3.05, 3.63) is 72.4 Å². The molecule has 1 aliphatic heterocycles. The maximum atomic E-state index is 13.0. The zero-order chi connectivity index (χ0) is 16.7. The van der Waals surface area contributed by atoms with Crippen LogP contribution < -0.4 is 5.32 Å². The summed E-state index contributed by atoms with van der Waals surface area (Å²) < 4.78 is 5.27. The van der Waals surface area contributed by atoms with Crippen molar-refractivity contribution in [1.82, 2.24) is 5.32 Å². The van der Waals surface area contributed by atoms with Gasteiger partial charge in [-0.1, -0.05) is 61.2 Å². The van der Waals surface area contributed by atoms with Gasteiger partial charge in [0.15, 0.2) is 0 Å². The van der Waals surface area contributed by atoms with E-state index in [9.17, 15) is 4.79 Å². The van der Waals surface area contributed by atoms with Crippen molar-refractivity contribution in [3.63, 3.8) is 0 Å². The average Bonchev–Trinajstić information content (AvgIpc) is 3.13. The zero-order valence-electron chi connectivity index (χ0n) is 13.9. The number of nitrogens with one attached hydrogen (secondary N) is 1. The van der Waals surface area contributed by atoms with Crippen molar-refractivity contribution in [2.75, 3.05) is 20.2 Å². The van der Waals surface area contributed by atoms with Gasteiger partial charge in [0.1, 0.15) is 5.41 Å². The van der Waals surface area contributed by atoms with Gasteiger partial charge in [0.2, 0.25) is 0 Å². The molecule has 1 aromatic rings. The Morgan fingerprint density at radius 2 is 2.13 bits per heavy atom. The maximum Gasteiger partial charge on any atom is 0.321 e. The van der Waals surface area contributed by atoms with E-state index < -0.39 is 5.41 Å². The third-order valence-electron chi connectivity index (χ3n) is 4.55. The minimum absolute atomic E-state index is 0.131. The van der Waals surface area contributed by atoms with Crippen LogP contribution in [-0.4, -0.2) is 26.2 Å². The topological polar surface area (TPSA) is 38.3 Å². The summed E-state index contributed by atoms with van der Waals surface area (Å²) in [4.78, 5) is 13.0. The van der Waals surface area contributed by atoms with E-state index in [2.05, 4.69) is 11.9 Å².